The number of nitrogens with zero attached hydrogens (tertiary/aromatic N) is 1. The van der Waals surface area contributed by atoms with Crippen LogP contribution < -0.4 is 4.74 Å². The number of ether oxygens (including phenoxy) is 2. The lowest BCUT2D eigenvalue weighted by atomic mass is 9.75. The van der Waals surface area contributed by atoms with E-state index in [2.05, 4.69) is 4.98 Å². The number of fused-ring (bicyclic) bond motifs is 1. The molecule has 3 aromatic rings. The second-order valence-corrected chi connectivity index (χ2v) is 8.69. The van der Waals surface area contributed by atoms with Crippen molar-refractivity contribution in [3.8, 4) is 5.75 Å². The van der Waals surface area contributed by atoms with Crippen LogP contribution in [0.5, 0.6) is 5.75 Å². The highest BCUT2D eigenvalue weighted by Gasteiger charge is 2.45. The topological polar surface area (TPSA) is 71.6 Å². The molecule has 1 N–H and O–H groups in total. The Kier molecular flexibility index (Phi) is 5.81. The molecule has 0 bridgehead atoms. The van der Waals surface area contributed by atoms with Gasteiger partial charge in [-0.25, -0.2) is 0 Å². The van der Waals surface area contributed by atoms with Crippen molar-refractivity contribution in [3.63, 3.8) is 0 Å². The Labute approximate surface area is 179 Å². The van der Waals surface area contributed by atoms with Gasteiger partial charge in [-0.3, -0.25) is 9.59 Å². The van der Waals surface area contributed by atoms with Crippen molar-refractivity contribution in [3.05, 3.63) is 53.0 Å². The number of carbonyl (C=O) groups is 2. The summed E-state index contributed by atoms with van der Waals surface area (Å²) in [6, 6.07) is 11.6. The van der Waals surface area contributed by atoms with Gasteiger partial charge in [-0.1, -0.05) is 12.1 Å². The minimum atomic E-state index is -0.764. The fourth-order valence-electron chi connectivity index (χ4n) is 4.28. The minimum Gasteiger partial charge on any atom is -0.497 e. The van der Waals surface area contributed by atoms with E-state index in [1.165, 1.54) is 0 Å². The van der Waals surface area contributed by atoms with E-state index in [0.717, 1.165) is 28.0 Å². The number of methoxy groups -OCH3 is 1. The Balaban J connectivity index is 1.61. The third kappa shape index (κ3) is 3.94. The van der Waals surface area contributed by atoms with Gasteiger partial charge in [-0.2, -0.15) is 0 Å². The SMILES string of the molecule is CCOC(=O)[C@]1(Cc2cccc(OC)c2)CCCN(C(=O)c2cc3sccc3[nH]2)C1. The van der Waals surface area contributed by atoms with E-state index in [1.807, 2.05) is 48.7 Å². The molecule has 1 aliphatic rings. The molecule has 4 rings (SSSR count). The second kappa shape index (κ2) is 8.52. The summed E-state index contributed by atoms with van der Waals surface area (Å²) < 4.78 is 11.9. The van der Waals surface area contributed by atoms with Crippen LogP contribution in [-0.4, -0.2) is 48.6 Å². The third-order valence-electron chi connectivity index (χ3n) is 5.72. The number of hydrogen-bond donors (Lipinski definition) is 1. The lowest BCUT2D eigenvalue weighted by Crippen LogP contribution is -2.51. The van der Waals surface area contributed by atoms with Gasteiger partial charge in [0.25, 0.3) is 5.91 Å². The van der Waals surface area contributed by atoms with Crippen molar-refractivity contribution in [1.29, 1.82) is 0 Å². The zero-order valence-electron chi connectivity index (χ0n) is 17.3. The number of rotatable bonds is 6. The molecule has 1 amide bonds. The Hall–Kier alpha value is -2.80. The minimum absolute atomic E-state index is 0.0718. The monoisotopic (exact) mass is 426 g/mol. The number of aromatic amines is 1. The molecule has 1 atom stereocenters. The normalized spacial score (nSPS) is 19.1. The number of amides is 1. The van der Waals surface area contributed by atoms with Gasteiger partial charge in [0, 0.05) is 13.1 Å². The van der Waals surface area contributed by atoms with Gasteiger partial charge in [0.1, 0.15) is 11.4 Å². The predicted molar refractivity (Wildman–Crippen MR) is 117 cm³/mol. The first-order chi connectivity index (χ1) is 14.5. The molecule has 1 aromatic carbocycles. The van der Waals surface area contributed by atoms with Gasteiger partial charge in [-0.15, -0.1) is 11.3 Å². The number of benzene rings is 1. The van der Waals surface area contributed by atoms with Crippen LogP contribution in [0, 0.1) is 5.41 Å². The van der Waals surface area contributed by atoms with E-state index in [1.54, 1.807) is 23.3 Å². The number of carbonyl (C=O) groups excluding carboxylic acids is 2. The van der Waals surface area contributed by atoms with Crippen molar-refractivity contribution < 1.29 is 19.1 Å². The largest absolute Gasteiger partial charge is 0.497 e. The number of likely N-dealkylation sites (tertiary alicyclic amines) is 1. The maximum absolute atomic E-state index is 13.2. The summed E-state index contributed by atoms with van der Waals surface area (Å²) in [5.74, 6) is 0.442. The lowest BCUT2D eigenvalue weighted by molar-refractivity contribution is -0.158. The van der Waals surface area contributed by atoms with E-state index in [0.29, 0.717) is 38.2 Å². The molecule has 158 valence electrons. The molecule has 1 fully saturated rings. The highest BCUT2D eigenvalue weighted by atomic mass is 32.1. The highest BCUT2D eigenvalue weighted by molar-refractivity contribution is 7.17. The Bertz CT molecular complexity index is 1030. The number of hydrogen-bond acceptors (Lipinski definition) is 5. The maximum atomic E-state index is 13.2. The molecular formula is C23H26N2O4S. The summed E-state index contributed by atoms with van der Waals surface area (Å²) >= 11 is 1.60. The van der Waals surface area contributed by atoms with Crippen molar-refractivity contribution in [2.45, 2.75) is 26.2 Å². The van der Waals surface area contributed by atoms with Gasteiger partial charge in [0.15, 0.2) is 0 Å². The fourth-order valence-corrected chi connectivity index (χ4v) is 5.06. The summed E-state index contributed by atoms with van der Waals surface area (Å²) in [4.78, 5) is 31.3. The third-order valence-corrected chi connectivity index (χ3v) is 6.58. The van der Waals surface area contributed by atoms with Crippen LogP contribution in [0.25, 0.3) is 10.2 Å². The fraction of sp³-hybridized carbons (Fsp3) is 0.391. The standard InChI is InChI=1S/C23H26N2O4S/c1-3-29-22(27)23(14-16-6-4-7-17(12-16)28-2)9-5-10-25(15-23)21(26)19-13-20-18(24-19)8-11-30-20/h4,6-8,11-13,24H,3,5,9-10,14-15H2,1-2H3/t23-/m0/s1. The number of aromatic nitrogens is 1. The highest BCUT2D eigenvalue weighted by Crippen LogP contribution is 2.37. The molecule has 0 aliphatic carbocycles. The molecule has 0 spiro atoms. The summed E-state index contributed by atoms with van der Waals surface area (Å²) in [5, 5.41) is 2.00. The van der Waals surface area contributed by atoms with Gasteiger partial charge in [0.05, 0.1) is 29.3 Å². The van der Waals surface area contributed by atoms with Gasteiger partial charge < -0.3 is 19.4 Å². The van der Waals surface area contributed by atoms with Gasteiger partial charge in [-0.05, 0) is 61.4 Å². The molecule has 0 unspecified atom stereocenters. The van der Waals surface area contributed by atoms with Crippen LogP contribution in [0.1, 0.15) is 35.8 Å². The molecule has 1 saturated heterocycles. The van der Waals surface area contributed by atoms with Crippen LogP contribution in [-0.2, 0) is 16.0 Å². The second-order valence-electron chi connectivity index (χ2n) is 7.74. The zero-order chi connectivity index (χ0) is 21.1. The predicted octanol–water partition coefficient (Wildman–Crippen LogP) is 4.27. The summed E-state index contributed by atoms with van der Waals surface area (Å²) in [6.07, 6.45) is 1.95. The molecule has 2 aromatic heterocycles. The summed E-state index contributed by atoms with van der Waals surface area (Å²) in [6.45, 7) is 3.10. The van der Waals surface area contributed by atoms with Crippen molar-refractivity contribution in [2.75, 3.05) is 26.8 Å². The number of piperidine rings is 1. The van der Waals surface area contributed by atoms with Crippen LogP contribution >= 0.6 is 11.3 Å². The average molecular weight is 427 g/mol. The van der Waals surface area contributed by atoms with Crippen molar-refractivity contribution in [1.82, 2.24) is 9.88 Å². The molecule has 6 nitrogen and oxygen atoms in total. The molecule has 1 aliphatic heterocycles. The van der Waals surface area contributed by atoms with Crippen LogP contribution in [0.2, 0.25) is 0 Å². The van der Waals surface area contributed by atoms with E-state index in [4.69, 9.17) is 9.47 Å². The number of esters is 1. The molecule has 0 radical (unpaired) electrons. The molecular weight excluding hydrogens is 400 g/mol. The van der Waals surface area contributed by atoms with Crippen LogP contribution in [0.3, 0.4) is 0 Å². The lowest BCUT2D eigenvalue weighted by Gasteiger charge is -2.41. The first-order valence-corrected chi connectivity index (χ1v) is 11.1. The number of thiophene rings is 1. The molecule has 30 heavy (non-hydrogen) atoms. The van der Waals surface area contributed by atoms with E-state index >= 15 is 0 Å². The maximum Gasteiger partial charge on any atom is 0.314 e. The van der Waals surface area contributed by atoms with Crippen LogP contribution in [0.4, 0.5) is 0 Å². The van der Waals surface area contributed by atoms with Crippen LogP contribution in [0.15, 0.2) is 41.8 Å². The zero-order valence-corrected chi connectivity index (χ0v) is 18.1. The van der Waals surface area contributed by atoms with Gasteiger partial charge in [0.2, 0.25) is 0 Å². The first kappa shape index (κ1) is 20.5. The van der Waals surface area contributed by atoms with E-state index in [9.17, 15) is 9.59 Å². The Morgan fingerprint density at radius 3 is 2.90 bits per heavy atom. The summed E-state index contributed by atoms with van der Waals surface area (Å²) in [5.41, 5.74) is 1.77. The first-order valence-electron chi connectivity index (χ1n) is 10.2. The van der Waals surface area contributed by atoms with Crippen molar-refractivity contribution in [2.24, 2.45) is 5.41 Å². The number of nitrogens with one attached hydrogen (secondary N) is 1. The summed E-state index contributed by atoms with van der Waals surface area (Å²) in [7, 11) is 1.63. The molecule has 7 heteroatoms. The van der Waals surface area contributed by atoms with Crippen molar-refractivity contribution >= 4 is 33.4 Å². The smallest absolute Gasteiger partial charge is 0.314 e. The molecule has 0 saturated carbocycles. The average Bonchev–Trinajstić information content (AvgIpc) is 3.36. The number of H-pyrrole nitrogens is 1. The Morgan fingerprint density at radius 1 is 1.27 bits per heavy atom. The quantitative estimate of drug-likeness (QED) is 0.598. The van der Waals surface area contributed by atoms with Gasteiger partial charge >= 0.3 is 5.97 Å². The van der Waals surface area contributed by atoms with E-state index < -0.39 is 5.41 Å². The molecule has 3 heterocycles. The Morgan fingerprint density at radius 2 is 2.13 bits per heavy atom. The van der Waals surface area contributed by atoms with E-state index in [-0.39, 0.29) is 11.9 Å².